The van der Waals surface area contributed by atoms with Gasteiger partial charge in [-0.1, -0.05) is 30.3 Å². The molecule has 0 saturated carbocycles. The van der Waals surface area contributed by atoms with Crippen LogP contribution >= 0.6 is 12.4 Å². The highest BCUT2D eigenvalue weighted by Crippen LogP contribution is 2.19. The zero-order valence-electron chi connectivity index (χ0n) is 13.0. The highest BCUT2D eigenvalue weighted by molar-refractivity contribution is 6.04. The molecule has 0 aliphatic carbocycles. The molecule has 0 atom stereocenters. The third-order valence-electron chi connectivity index (χ3n) is 3.53. The van der Waals surface area contributed by atoms with Crippen LogP contribution in [0.2, 0.25) is 0 Å². The Morgan fingerprint density at radius 3 is 2.38 bits per heavy atom. The fourth-order valence-corrected chi connectivity index (χ4v) is 2.28. The number of carbonyl (C=O) groups excluding carboxylic acids is 1. The van der Waals surface area contributed by atoms with Crippen LogP contribution in [0.25, 0.3) is 11.3 Å². The number of pyridine rings is 1. The first-order chi connectivity index (χ1) is 11.3. The van der Waals surface area contributed by atoms with Crippen molar-refractivity contribution in [1.82, 2.24) is 4.98 Å². The van der Waals surface area contributed by atoms with Gasteiger partial charge in [-0.25, -0.2) is 0 Å². The van der Waals surface area contributed by atoms with E-state index in [4.69, 9.17) is 5.73 Å². The number of nitrogens with one attached hydrogen (secondary N) is 1. The first-order valence-electron chi connectivity index (χ1n) is 7.38. The van der Waals surface area contributed by atoms with E-state index >= 15 is 0 Å². The summed E-state index contributed by atoms with van der Waals surface area (Å²) in [6.07, 6.45) is 1.74. The number of hydrogen-bond acceptors (Lipinski definition) is 3. The minimum absolute atomic E-state index is 0. The number of aromatic nitrogens is 1. The molecule has 0 spiro atoms. The van der Waals surface area contributed by atoms with Crippen LogP contribution in [0.4, 0.5) is 5.69 Å². The standard InChI is InChI=1S/C19H17N3O.ClH/c20-13-14-10-11-21-18(12-14)15-6-8-16(9-7-15)19(23)22-17-4-2-1-3-5-17;/h1-12H,13,20H2,(H,22,23);1H. The van der Waals surface area contributed by atoms with Gasteiger partial charge in [-0.05, 0) is 42.0 Å². The summed E-state index contributed by atoms with van der Waals surface area (Å²) in [4.78, 5) is 16.6. The predicted octanol–water partition coefficient (Wildman–Crippen LogP) is 3.88. The van der Waals surface area contributed by atoms with E-state index in [1.165, 1.54) is 0 Å². The minimum atomic E-state index is -0.133. The Hall–Kier alpha value is -2.69. The van der Waals surface area contributed by atoms with Gasteiger partial charge in [0.25, 0.3) is 5.91 Å². The van der Waals surface area contributed by atoms with Crippen molar-refractivity contribution in [3.05, 3.63) is 84.1 Å². The Kier molecular flexibility index (Phi) is 6.07. The van der Waals surface area contributed by atoms with E-state index in [0.717, 1.165) is 22.5 Å². The lowest BCUT2D eigenvalue weighted by atomic mass is 10.1. The molecule has 0 bridgehead atoms. The number of rotatable bonds is 4. The van der Waals surface area contributed by atoms with Crippen molar-refractivity contribution in [3.63, 3.8) is 0 Å². The lowest BCUT2D eigenvalue weighted by Gasteiger charge is -2.07. The first-order valence-corrected chi connectivity index (χ1v) is 7.38. The van der Waals surface area contributed by atoms with Crippen molar-refractivity contribution in [2.75, 3.05) is 5.32 Å². The van der Waals surface area contributed by atoms with Crippen molar-refractivity contribution < 1.29 is 4.79 Å². The van der Waals surface area contributed by atoms with E-state index in [2.05, 4.69) is 10.3 Å². The van der Waals surface area contributed by atoms with E-state index in [1.54, 1.807) is 18.3 Å². The van der Waals surface area contributed by atoms with Crippen molar-refractivity contribution in [1.29, 1.82) is 0 Å². The quantitative estimate of drug-likeness (QED) is 0.758. The van der Waals surface area contributed by atoms with Crippen LogP contribution in [0, 0.1) is 0 Å². The van der Waals surface area contributed by atoms with Gasteiger partial charge in [0.15, 0.2) is 0 Å². The third kappa shape index (κ3) is 4.19. The summed E-state index contributed by atoms with van der Waals surface area (Å²) in [5.41, 5.74) is 9.87. The SMILES string of the molecule is Cl.NCc1ccnc(-c2ccc(C(=O)Nc3ccccc3)cc2)c1. The predicted molar refractivity (Wildman–Crippen MR) is 99.2 cm³/mol. The molecule has 3 N–H and O–H groups in total. The fraction of sp³-hybridized carbons (Fsp3) is 0.0526. The number of amides is 1. The zero-order valence-corrected chi connectivity index (χ0v) is 13.8. The topological polar surface area (TPSA) is 68.0 Å². The molecule has 1 heterocycles. The molecule has 24 heavy (non-hydrogen) atoms. The number of para-hydroxylation sites is 1. The summed E-state index contributed by atoms with van der Waals surface area (Å²) in [5, 5.41) is 2.86. The van der Waals surface area contributed by atoms with Gasteiger partial charge in [-0.3, -0.25) is 9.78 Å². The van der Waals surface area contributed by atoms with E-state index in [1.807, 2.05) is 54.6 Å². The largest absolute Gasteiger partial charge is 0.326 e. The Morgan fingerprint density at radius 1 is 1.00 bits per heavy atom. The molecule has 1 aromatic heterocycles. The average Bonchev–Trinajstić information content (AvgIpc) is 2.63. The number of nitrogens with zero attached hydrogens (tertiary/aromatic N) is 1. The van der Waals surface area contributed by atoms with Crippen molar-refractivity contribution in [3.8, 4) is 11.3 Å². The minimum Gasteiger partial charge on any atom is -0.326 e. The Morgan fingerprint density at radius 2 is 1.71 bits per heavy atom. The molecule has 1 amide bonds. The fourth-order valence-electron chi connectivity index (χ4n) is 2.28. The van der Waals surface area contributed by atoms with Crippen LogP contribution in [-0.2, 0) is 6.54 Å². The molecule has 0 unspecified atom stereocenters. The maximum Gasteiger partial charge on any atom is 0.255 e. The summed E-state index contributed by atoms with van der Waals surface area (Å²) in [5.74, 6) is -0.133. The second kappa shape index (κ2) is 8.24. The summed E-state index contributed by atoms with van der Waals surface area (Å²) in [6.45, 7) is 0.479. The van der Waals surface area contributed by atoms with Crippen LogP contribution in [-0.4, -0.2) is 10.9 Å². The molecule has 5 heteroatoms. The lowest BCUT2D eigenvalue weighted by Crippen LogP contribution is -2.11. The molecule has 3 rings (SSSR count). The molecular formula is C19H18ClN3O. The zero-order chi connectivity index (χ0) is 16.1. The normalized spacial score (nSPS) is 9.88. The van der Waals surface area contributed by atoms with Crippen molar-refractivity contribution in [2.24, 2.45) is 5.73 Å². The summed E-state index contributed by atoms with van der Waals surface area (Å²) < 4.78 is 0. The number of nitrogens with two attached hydrogens (primary N) is 1. The van der Waals surface area contributed by atoms with Gasteiger partial charge in [0.05, 0.1) is 5.69 Å². The number of halogens is 1. The van der Waals surface area contributed by atoms with Crippen LogP contribution < -0.4 is 11.1 Å². The molecular weight excluding hydrogens is 322 g/mol. The summed E-state index contributed by atoms with van der Waals surface area (Å²) in [7, 11) is 0. The van der Waals surface area contributed by atoms with Crippen LogP contribution in [0.1, 0.15) is 15.9 Å². The molecule has 0 aliphatic rings. The van der Waals surface area contributed by atoms with Gasteiger partial charge in [0.2, 0.25) is 0 Å². The first kappa shape index (κ1) is 17.7. The Labute approximate surface area is 147 Å². The molecule has 0 aliphatic heterocycles. The lowest BCUT2D eigenvalue weighted by molar-refractivity contribution is 0.102. The van der Waals surface area contributed by atoms with Crippen LogP contribution in [0.15, 0.2) is 72.9 Å². The molecule has 0 fully saturated rings. The van der Waals surface area contributed by atoms with Gasteiger partial charge < -0.3 is 11.1 Å². The van der Waals surface area contributed by atoms with Crippen molar-refractivity contribution >= 4 is 24.0 Å². The molecule has 2 aromatic carbocycles. The third-order valence-corrected chi connectivity index (χ3v) is 3.53. The summed E-state index contributed by atoms with van der Waals surface area (Å²) >= 11 is 0. The maximum absolute atomic E-state index is 12.2. The van der Waals surface area contributed by atoms with E-state index in [-0.39, 0.29) is 18.3 Å². The monoisotopic (exact) mass is 339 g/mol. The Balaban J connectivity index is 0.00000208. The molecule has 3 aromatic rings. The molecule has 0 radical (unpaired) electrons. The second-order valence-corrected chi connectivity index (χ2v) is 5.15. The smallest absolute Gasteiger partial charge is 0.255 e. The number of benzene rings is 2. The van der Waals surface area contributed by atoms with Gasteiger partial charge in [-0.15, -0.1) is 12.4 Å². The number of hydrogen-bond donors (Lipinski definition) is 2. The highest BCUT2D eigenvalue weighted by Gasteiger charge is 2.07. The van der Waals surface area contributed by atoms with Crippen LogP contribution in [0.3, 0.4) is 0 Å². The highest BCUT2D eigenvalue weighted by atomic mass is 35.5. The van der Waals surface area contributed by atoms with E-state index in [0.29, 0.717) is 12.1 Å². The maximum atomic E-state index is 12.2. The van der Waals surface area contributed by atoms with Gasteiger partial charge in [0.1, 0.15) is 0 Å². The average molecular weight is 340 g/mol. The summed E-state index contributed by atoms with van der Waals surface area (Å²) in [6, 6.07) is 20.6. The second-order valence-electron chi connectivity index (χ2n) is 5.15. The molecule has 4 nitrogen and oxygen atoms in total. The number of carbonyl (C=O) groups is 1. The molecule has 122 valence electrons. The van der Waals surface area contributed by atoms with E-state index in [9.17, 15) is 4.79 Å². The van der Waals surface area contributed by atoms with Gasteiger partial charge in [0, 0.05) is 29.6 Å². The number of anilines is 1. The van der Waals surface area contributed by atoms with Crippen molar-refractivity contribution in [2.45, 2.75) is 6.54 Å². The van der Waals surface area contributed by atoms with Gasteiger partial charge >= 0.3 is 0 Å². The van der Waals surface area contributed by atoms with E-state index < -0.39 is 0 Å². The molecule has 0 saturated heterocycles. The van der Waals surface area contributed by atoms with Crippen LogP contribution in [0.5, 0.6) is 0 Å². The Bertz CT molecular complexity index is 804. The van der Waals surface area contributed by atoms with Gasteiger partial charge in [-0.2, -0.15) is 0 Å².